The largest absolute Gasteiger partial charge is 0.382 e. The summed E-state index contributed by atoms with van der Waals surface area (Å²) in [5.74, 6) is -2.03. The van der Waals surface area contributed by atoms with Gasteiger partial charge < -0.3 is 10.8 Å². The zero-order chi connectivity index (χ0) is 13.9. The molecule has 0 aliphatic carbocycles. The molecule has 1 amide bonds. The van der Waals surface area contributed by atoms with Crippen molar-refractivity contribution in [2.45, 2.75) is 11.0 Å². The number of aliphatic hydroxyl groups is 1. The standard InChI is InChI=1S/C9H10BrFN2O4S/c10-5-1-2-8(6(11)3-5)18(16,17)13-4-7(14)9(12)15/h1-3,7,13-14H,4H2,(H2,12,15). The van der Waals surface area contributed by atoms with E-state index in [9.17, 15) is 17.6 Å². The fourth-order valence-electron chi connectivity index (χ4n) is 1.06. The molecule has 0 aromatic heterocycles. The van der Waals surface area contributed by atoms with Gasteiger partial charge in [-0.3, -0.25) is 4.79 Å². The van der Waals surface area contributed by atoms with Crippen LogP contribution >= 0.6 is 15.9 Å². The molecule has 0 spiro atoms. The summed E-state index contributed by atoms with van der Waals surface area (Å²) in [7, 11) is -4.15. The van der Waals surface area contributed by atoms with Crippen LogP contribution < -0.4 is 10.5 Å². The maximum atomic E-state index is 13.4. The molecule has 0 fully saturated rings. The molecule has 6 nitrogen and oxygen atoms in total. The summed E-state index contributed by atoms with van der Waals surface area (Å²) in [6.45, 7) is -0.618. The Balaban J connectivity index is 2.90. The van der Waals surface area contributed by atoms with E-state index < -0.39 is 39.3 Å². The number of rotatable bonds is 5. The number of primary amides is 1. The predicted molar refractivity (Wildman–Crippen MR) is 64.5 cm³/mol. The van der Waals surface area contributed by atoms with Crippen molar-refractivity contribution in [2.75, 3.05) is 6.54 Å². The van der Waals surface area contributed by atoms with E-state index >= 15 is 0 Å². The first-order valence-electron chi connectivity index (χ1n) is 4.66. The van der Waals surface area contributed by atoms with Crippen molar-refractivity contribution in [1.82, 2.24) is 4.72 Å². The number of halogens is 2. The van der Waals surface area contributed by atoms with Crippen molar-refractivity contribution in [2.24, 2.45) is 5.73 Å². The maximum Gasteiger partial charge on any atom is 0.247 e. The first-order chi connectivity index (χ1) is 8.24. The Morgan fingerprint density at radius 3 is 2.67 bits per heavy atom. The lowest BCUT2D eigenvalue weighted by molar-refractivity contribution is -0.125. The van der Waals surface area contributed by atoms with Crippen molar-refractivity contribution in [3.8, 4) is 0 Å². The minimum absolute atomic E-state index is 0.385. The van der Waals surface area contributed by atoms with Crippen LogP contribution in [0, 0.1) is 5.82 Å². The summed E-state index contributed by atoms with van der Waals surface area (Å²) in [4.78, 5) is 9.94. The van der Waals surface area contributed by atoms with E-state index in [1.165, 1.54) is 6.07 Å². The molecule has 1 aromatic rings. The molecule has 0 aliphatic heterocycles. The Kier molecular flexibility index (Phi) is 4.79. The first-order valence-corrected chi connectivity index (χ1v) is 6.94. The molecule has 0 saturated carbocycles. The third-order valence-electron chi connectivity index (χ3n) is 1.98. The summed E-state index contributed by atoms with van der Waals surface area (Å²) in [6.07, 6.45) is -1.67. The second-order valence-electron chi connectivity index (χ2n) is 3.34. The van der Waals surface area contributed by atoms with Crippen LogP contribution in [0.25, 0.3) is 0 Å². The van der Waals surface area contributed by atoms with E-state index in [1.807, 2.05) is 4.72 Å². The third-order valence-corrected chi connectivity index (χ3v) is 3.93. The number of carbonyl (C=O) groups is 1. The zero-order valence-corrected chi connectivity index (χ0v) is 11.3. The van der Waals surface area contributed by atoms with E-state index in [0.717, 1.165) is 12.1 Å². The average Bonchev–Trinajstić information content (AvgIpc) is 2.25. The smallest absolute Gasteiger partial charge is 0.247 e. The van der Waals surface area contributed by atoms with Gasteiger partial charge in [0.25, 0.3) is 0 Å². The molecule has 0 heterocycles. The summed E-state index contributed by atoms with van der Waals surface area (Å²) >= 11 is 2.99. The lowest BCUT2D eigenvalue weighted by Crippen LogP contribution is -2.40. The van der Waals surface area contributed by atoms with E-state index in [4.69, 9.17) is 10.8 Å². The van der Waals surface area contributed by atoms with Crippen LogP contribution in [0.3, 0.4) is 0 Å². The van der Waals surface area contributed by atoms with Gasteiger partial charge in [-0.05, 0) is 18.2 Å². The molecule has 9 heteroatoms. The van der Waals surface area contributed by atoms with Crippen molar-refractivity contribution in [3.05, 3.63) is 28.5 Å². The van der Waals surface area contributed by atoms with Gasteiger partial charge in [0.2, 0.25) is 15.9 Å². The van der Waals surface area contributed by atoms with Gasteiger partial charge in [-0.15, -0.1) is 0 Å². The molecule has 1 rings (SSSR count). The fourth-order valence-corrected chi connectivity index (χ4v) is 2.49. The van der Waals surface area contributed by atoms with E-state index in [1.54, 1.807) is 0 Å². The molecule has 1 unspecified atom stereocenters. The predicted octanol–water partition coefficient (Wildman–Crippen LogP) is -0.287. The Labute approximate surface area is 111 Å². The van der Waals surface area contributed by atoms with Crippen molar-refractivity contribution in [3.63, 3.8) is 0 Å². The van der Waals surface area contributed by atoms with Crippen LogP contribution in [0.15, 0.2) is 27.6 Å². The monoisotopic (exact) mass is 340 g/mol. The highest BCUT2D eigenvalue weighted by Gasteiger charge is 2.21. The number of nitrogens with two attached hydrogens (primary N) is 1. The van der Waals surface area contributed by atoms with Crippen molar-refractivity contribution < 1.29 is 22.7 Å². The summed E-state index contributed by atoms with van der Waals surface area (Å²) in [6, 6.07) is 3.39. The topological polar surface area (TPSA) is 109 Å². The molecule has 100 valence electrons. The van der Waals surface area contributed by atoms with Gasteiger partial charge in [0.15, 0.2) is 0 Å². The van der Waals surface area contributed by atoms with Crippen LogP contribution in [-0.2, 0) is 14.8 Å². The molecule has 1 aromatic carbocycles. The van der Waals surface area contributed by atoms with Gasteiger partial charge in [-0.25, -0.2) is 17.5 Å². The Bertz CT molecular complexity index is 564. The first kappa shape index (κ1) is 15.0. The number of sulfonamides is 1. The Morgan fingerprint density at radius 1 is 1.56 bits per heavy atom. The van der Waals surface area contributed by atoms with Gasteiger partial charge in [-0.2, -0.15) is 0 Å². The quantitative estimate of drug-likeness (QED) is 0.684. The summed E-state index contributed by atoms with van der Waals surface area (Å²) in [5.41, 5.74) is 4.75. The summed E-state index contributed by atoms with van der Waals surface area (Å²) in [5, 5.41) is 9.05. The number of hydrogen-bond acceptors (Lipinski definition) is 4. The van der Waals surface area contributed by atoms with Gasteiger partial charge in [-0.1, -0.05) is 15.9 Å². The lowest BCUT2D eigenvalue weighted by Gasteiger charge is -2.10. The highest BCUT2D eigenvalue weighted by atomic mass is 79.9. The number of carbonyl (C=O) groups excluding carboxylic acids is 1. The average molecular weight is 341 g/mol. The van der Waals surface area contributed by atoms with Crippen molar-refractivity contribution >= 4 is 31.9 Å². The zero-order valence-electron chi connectivity index (χ0n) is 8.93. The molecule has 0 radical (unpaired) electrons. The Morgan fingerprint density at radius 2 is 2.17 bits per heavy atom. The normalized spacial score (nSPS) is 13.3. The molecule has 18 heavy (non-hydrogen) atoms. The Hall–Kier alpha value is -1.03. The van der Waals surface area contributed by atoms with Crippen molar-refractivity contribution in [1.29, 1.82) is 0 Å². The highest BCUT2D eigenvalue weighted by molar-refractivity contribution is 9.10. The van der Waals surface area contributed by atoms with E-state index in [2.05, 4.69) is 15.9 Å². The molecule has 0 bridgehead atoms. The lowest BCUT2D eigenvalue weighted by atomic mass is 10.3. The molecule has 0 saturated heterocycles. The fraction of sp³-hybridized carbons (Fsp3) is 0.222. The van der Waals surface area contributed by atoms with Gasteiger partial charge in [0.05, 0.1) is 0 Å². The number of benzene rings is 1. The van der Waals surface area contributed by atoms with Crippen LogP contribution in [0.2, 0.25) is 0 Å². The maximum absolute atomic E-state index is 13.4. The van der Waals surface area contributed by atoms with Crippen LogP contribution in [-0.4, -0.2) is 32.1 Å². The number of nitrogens with one attached hydrogen (secondary N) is 1. The molecule has 4 N–H and O–H groups in total. The van der Waals surface area contributed by atoms with Gasteiger partial charge in [0.1, 0.15) is 16.8 Å². The minimum atomic E-state index is -4.15. The van der Waals surface area contributed by atoms with E-state index in [0.29, 0.717) is 4.47 Å². The highest BCUT2D eigenvalue weighted by Crippen LogP contribution is 2.19. The van der Waals surface area contributed by atoms with Crippen LogP contribution in [0.4, 0.5) is 4.39 Å². The van der Waals surface area contributed by atoms with Gasteiger partial charge >= 0.3 is 0 Å². The number of hydrogen-bond donors (Lipinski definition) is 3. The number of amides is 1. The second-order valence-corrected chi connectivity index (χ2v) is 6.00. The number of aliphatic hydroxyl groups excluding tert-OH is 1. The molecular formula is C9H10BrFN2O4S. The van der Waals surface area contributed by atoms with Gasteiger partial charge in [0, 0.05) is 11.0 Å². The summed E-state index contributed by atoms with van der Waals surface area (Å²) < 4.78 is 39.0. The SMILES string of the molecule is NC(=O)C(O)CNS(=O)(=O)c1ccc(Br)cc1F. The third kappa shape index (κ3) is 3.73. The minimum Gasteiger partial charge on any atom is -0.382 e. The molecule has 1 atom stereocenters. The molecular weight excluding hydrogens is 331 g/mol. The van der Waals surface area contributed by atoms with Crippen LogP contribution in [0.5, 0.6) is 0 Å². The molecule has 0 aliphatic rings. The second kappa shape index (κ2) is 5.74. The van der Waals surface area contributed by atoms with E-state index in [-0.39, 0.29) is 0 Å². The van der Waals surface area contributed by atoms with Crippen LogP contribution in [0.1, 0.15) is 0 Å².